The maximum absolute atomic E-state index is 12.5. The molecule has 0 radical (unpaired) electrons. The standard InChI is InChI=1S/C24H45ClNO9P.C8H16O/c1-10-22(2,3)19(27)32-13-14-33-20(28)23(4,5)18-24(6,25)21(29)34-15-16-35-36(30,31)17-11-12-26(7,8)9;1-6-8(3,4)7(2)9-5/h10-18H2,1-9H3;2,6H2,1,3-5H3. The summed E-state index contributed by atoms with van der Waals surface area (Å²) in [5, 5.41) is 0. The van der Waals surface area contributed by atoms with Gasteiger partial charge in [0.25, 0.3) is 0 Å². The first kappa shape index (κ1) is 45.5. The molecular formula is C32H61ClNO10P. The molecule has 0 aromatic heterocycles. The van der Waals surface area contributed by atoms with Crippen LogP contribution in [-0.2, 0) is 42.4 Å². The molecule has 2 atom stereocenters. The molecule has 0 fully saturated rings. The average Bonchev–Trinajstić information content (AvgIpc) is 2.91. The molecule has 0 aliphatic carbocycles. The van der Waals surface area contributed by atoms with Gasteiger partial charge in [-0.3, -0.25) is 14.4 Å². The van der Waals surface area contributed by atoms with Crippen LogP contribution in [0.4, 0.5) is 0 Å². The second kappa shape index (κ2) is 19.2. The summed E-state index contributed by atoms with van der Waals surface area (Å²) < 4.78 is 38.0. The highest BCUT2D eigenvalue weighted by molar-refractivity contribution is 7.51. The molecule has 0 aromatic rings. The lowest BCUT2D eigenvalue weighted by atomic mass is 9.83. The number of nitrogens with zero attached hydrogens (tertiary/aromatic N) is 1. The number of allylic oxidation sites excluding steroid dienone is 1. The van der Waals surface area contributed by atoms with E-state index in [0.29, 0.717) is 23.9 Å². The summed E-state index contributed by atoms with van der Waals surface area (Å²) in [5.41, 5.74) is -1.63. The monoisotopic (exact) mass is 685 g/mol. The molecule has 0 amide bonds. The summed E-state index contributed by atoms with van der Waals surface area (Å²) >= 11 is 6.35. The van der Waals surface area contributed by atoms with Crippen LogP contribution in [0.2, 0.25) is 0 Å². The number of quaternary nitrogens is 1. The normalized spacial score (nSPS) is 15.0. The minimum absolute atomic E-state index is 0.0802. The van der Waals surface area contributed by atoms with Gasteiger partial charge in [-0.2, -0.15) is 0 Å². The van der Waals surface area contributed by atoms with Crippen molar-refractivity contribution in [2.75, 3.05) is 67.4 Å². The highest BCUT2D eigenvalue weighted by Crippen LogP contribution is 2.38. The first-order valence-corrected chi connectivity index (χ1v) is 17.5. The number of alkyl halides is 1. The molecule has 0 aromatic carbocycles. The molecule has 0 heterocycles. The molecule has 2 unspecified atom stereocenters. The predicted octanol–water partition coefficient (Wildman–Crippen LogP) is 5.72. The molecule has 0 saturated carbocycles. The molecule has 0 aliphatic rings. The zero-order valence-corrected chi connectivity index (χ0v) is 31.8. The van der Waals surface area contributed by atoms with Crippen LogP contribution in [0.25, 0.3) is 0 Å². The summed E-state index contributed by atoms with van der Waals surface area (Å²) in [4.78, 5) is 47.4. The zero-order chi connectivity index (χ0) is 35.9. The lowest BCUT2D eigenvalue weighted by Crippen LogP contribution is -2.40. The van der Waals surface area contributed by atoms with Gasteiger partial charge in [-0.1, -0.05) is 34.3 Å². The lowest BCUT2D eigenvalue weighted by molar-refractivity contribution is -0.870. The Kier molecular flexibility index (Phi) is 19.4. The van der Waals surface area contributed by atoms with Crippen molar-refractivity contribution in [1.82, 2.24) is 0 Å². The quantitative estimate of drug-likeness (QED) is 0.0298. The Balaban J connectivity index is 0. The molecule has 13 heteroatoms. The van der Waals surface area contributed by atoms with Crippen molar-refractivity contribution >= 4 is 37.1 Å². The van der Waals surface area contributed by atoms with Crippen LogP contribution < -0.4 is 4.89 Å². The first-order chi connectivity index (χ1) is 20.2. The van der Waals surface area contributed by atoms with Gasteiger partial charge in [0.05, 0.1) is 58.0 Å². The topological polar surface area (TPSA) is 137 Å². The molecule has 0 saturated heterocycles. The van der Waals surface area contributed by atoms with E-state index >= 15 is 0 Å². The van der Waals surface area contributed by atoms with Crippen molar-refractivity contribution in [3.05, 3.63) is 12.3 Å². The van der Waals surface area contributed by atoms with E-state index in [1.807, 2.05) is 28.1 Å². The Labute approximate surface area is 277 Å². The third-order valence-electron chi connectivity index (χ3n) is 7.49. The third-order valence-corrected chi connectivity index (χ3v) is 9.22. The number of methoxy groups -OCH3 is 1. The van der Waals surface area contributed by atoms with Gasteiger partial charge < -0.3 is 37.4 Å². The number of hydrogen-bond acceptors (Lipinski definition) is 10. The molecule has 0 spiro atoms. The molecule has 0 N–H and O–H groups in total. The van der Waals surface area contributed by atoms with E-state index < -0.39 is 35.2 Å². The van der Waals surface area contributed by atoms with Crippen LogP contribution in [0.1, 0.15) is 88.0 Å². The summed E-state index contributed by atoms with van der Waals surface area (Å²) in [6.45, 7) is 20.0. The van der Waals surface area contributed by atoms with E-state index in [4.69, 9.17) is 35.1 Å². The fourth-order valence-electron chi connectivity index (χ4n) is 3.52. The van der Waals surface area contributed by atoms with Gasteiger partial charge >= 0.3 is 17.9 Å². The van der Waals surface area contributed by atoms with Crippen LogP contribution in [0.15, 0.2) is 12.3 Å². The second-order valence-electron chi connectivity index (χ2n) is 14.3. The number of hydrogen-bond donors (Lipinski definition) is 0. The number of rotatable bonds is 20. The summed E-state index contributed by atoms with van der Waals surface area (Å²) in [6.07, 6.45) is 1.93. The largest absolute Gasteiger partial charge is 0.778 e. The van der Waals surface area contributed by atoms with E-state index in [0.717, 1.165) is 12.2 Å². The fraction of sp³-hybridized carbons (Fsp3) is 0.844. The fourth-order valence-corrected chi connectivity index (χ4v) is 4.92. The predicted molar refractivity (Wildman–Crippen MR) is 176 cm³/mol. The third kappa shape index (κ3) is 19.6. The SMILES string of the molecule is C=C(OC)C(C)(C)CC.CCC(C)(C)C(=O)OCCOC(=O)C(C)(C)CC(C)(Cl)C(=O)OCCOP(=O)([O-])CCC[N+](C)(C)C. The van der Waals surface area contributed by atoms with Gasteiger partial charge in [0, 0.05) is 18.0 Å². The molecule has 0 rings (SSSR count). The van der Waals surface area contributed by atoms with Gasteiger partial charge in [0.15, 0.2) is 0 Å². The van der Waals surface area contributed by atoms with Gasteiger partial charge in [0.1, 0.15) is 32.3 Å². The van der Waals surface area contributed by atoms with Crippen LogP contribution in [-0.4, -0.2) is 94.7 Å². The van der Waals surface area contributed by atoms with E-state index in [1.165, 1.54) is 6.92 Å². The lowest BCUT2D eigenvalue weighted by Gasteiger charge is -2.30. The first-order valence-electron chi connectivity index (χ1n) is 15.4. The number of halogens is 1. The number of carbonyl (C=O) groups excluding carboxylic acids is 3. The van der Waals surface area contributed by atoms with Crippen molar-refractivity contribution in [1.29, 1.82) is 0 Å². The maximum Gasteiger partial charge on any atom is 0.327 e. The van der Waals surface area contributed by atoms with Crippen LogP contribution in [0, 0.1) is 16.2 Å². The number of ether oxygens (including phenoxy) is 4. The minimum Gasteiger partial charge on any atom is -0.778 e. The summed E-state index contributed by atoms with van der Waals surface area (Å²) in [6, 6.07) is 0. The molecule has 0 aliphatic heterocycles. The van der Waals surface area contributed by atoms with Crippen molar-refractivity contribution < 1.29 is 51.8 Å². The van der Waals surface area contributed by atoms with E-state index in [2.05, 4.69) is 27.4 Å². The zero-order valence-electron chi connectivity index (χ0n) is 30.1. The highest BCUT2D eigenvalue weighted by Gasteiger charge is 2.43. The average molecular weight is 686 g/mol. The van der Waals surface area contributed by atoms with E-state index in [1.54, 1.807) is 34.8 Å². The molecule has 266 valence electrons. The van der Waals surface area contributed by atoms with Crippen molar-refractivity contribution in [3.8, 4) is 0 Å². The van der Waals surface area contributed by atoms with Gasteiger partial charge in [-0.15, -0.1) is 11.6 Å². The van der Waals surface area contributed by atoms with Crippen LogP contribution in [0.3, 0.4) is 0 Å². The minimum atomic E-state index is -4.03. The number of carbonyl (C=O) groups is 3. The Hall–Kier alpha value is -1.65. The molecule has 11 nitrogen and oxygen atoms in total. The van der Waals surface area contributed by atoms with E-state index in [-0.39, 0.29) is 50.4 Å². The Morgan fingerprint density at radius 3 is 1.60 bits per heavy atom. The highest BCUT2D eigenvalue weighted by atomic mass is 35.5. The second-order valence-corrected chi connectivity index (χ2v) is 17.1. The van der Waals surface area contributed by atoms with E-state index in [9.17, 15) is 23.8 Å². The molecule has 0 bridgehead atoms. The van der Waals surface area contributed by atoms with Gasteiger partial charge in [-0.25, -0.2) is 0 Å². The number of esters is 3. The molecule has 45 heavy (non-hydrogen) atoms. The molecular weight excluding hydrogens is 625 g/mol. The maximum atomic E-state index is 12.5. The van der Waals surface area contributed by atoms with Gasteiger partial charge in [0.2, 0.25) is 0 Å². The van der Waals surface area contributed by atoms with Crippen LogP contribution in [0.5, 0.6) is 0 Å². The van der Waals surface area contributed by atoms with Crippen molar-refractivity contribution in [3.63, 3.8) is 0 Å². The Morgan fingerprint density at radius 1 is 0.778 bits per heavy atom. The summed E-state index contributed by atoms with van der Waals surface area (Å²) in [7, 11) is 3.53. The summed E-state index contributed by atoms with van der Waals surface area (Å²) in [5.74, 6) is -0.935. The Morgan fingerprint density at radius 2 is 1.20 bits per heavy atom. The Bertz CT molecular complexity index is 1000. The van der Waals surface area contributed by atoms with Crippen molar-refractivity contribution in [2.45, 2.75) is 92.9 Å². The van der Waals surface area contributed by atoms with Gasteiger partial charge in [-0.05, 0) is 53.9 Å². The van der Waals surface area contributed by atoms with Crippen molar-refractivity contribution in [2.24, 2.45) is 16.2 Å². The van der Waals surface area contributed by atoms with Crippen LogP contribution >= 0.6 is 19.2 Å². The smallest absolute Gasteiger partial charge is 0.327 e.